The molecule has 0 unspecified atom stereocenters. The van der Waals surface area contributed by atoms with Gasteiger partial charge in [0.05, 0.1) is 18.1 Å². The van der Waals surface area contributed by atoms with E-state index in [0.29, 0.717) is 11.4 Å². The Morgan fingerprint density at radius 1 is 1.17 bits per heavy atom. The van der Waals surface area contributed by atoms with E-state index in [1.807, 2.05) is 0 Å². The van der Waals surface area contributed by atoms with Gasteiger partial charge in [0.1, 0.15) is 12.1 Å². The predicted molar refractivity (Wildman–Crippen MR) is 99.8 cm³/mol. The van der Waals surface area contributed by atoms with Gasteiger partial charge in [0.15, 0.2) is 17.2 Å². The van der Waals surface area contributed by atoms with Gasteiger partial charge in [-0.15, -0.1) is 0 Å². The molecular weight excluding hydrogens is 378 g/mol. The van der Waals surface area contributed by atoms with E-state index in [4.69, 9.17) is 15.9 Å². The quantitative estimate of drug-likeness (QED) is 0.440. The molecule has 0 atom stereocenters. The van der Waals surface area contributed by atoms with Crippen LogP contribution in [0.2, 0.25) is 0 Å². The lowest BCUT2D eigenvalue weighted by molar-refractivity contribution is 0.0996. The summed E-state index contributed by atoms with van der Waals surface area (Å²) in [6.45, 7) is 0. The average Bonchev–Trinajstić information content (AvgIpc) is 3.36. The first kappa shape index (κ1) is 17.8. The Hall–Kier alpha value is -4.61. The highest BCUT2D eigenvalue weighted by Crippen LogP contribution is 2.21. The second-order valence-corrected chi connectivity index (χ2v) is 5.73. The summed E-state index contributed by atoms with van der Waals surface area (Å²) in [5.41, 5.74) is 11.5. The van der Waals surface area contributed by atoms with Crippen LogP contribution in [0.15, 0.2) is 53.8 Å². The molecule has 4 aromatic heterocycles. The molecular formula is C17H13N9O3. The van der Waals surface area contributed by atoms with Crippen molar-refractivity contribution in [3.05, 3.63) is 60.8 Å². The first-order valence-electron chi connectivity index (χ1n) is 8.16. The van der Waals surface area contributed by atoms with Crippen LogP contribution in [0.25, 0.3) is 17.3 Å². The molecule has 0 aliphatic carbocycles. The van der Waals surface area contributed by atoms with E-state index in [1.165, 1.54) is 41.9 Å². The molecule has 0 aliphatic heterocycles. The third-order valence-electron chi connectivity index (χ3n) is 3.74. The lowest BCUT2D eigenvalue weighted by Gasteiger charge is -2.00. The van der Waals surface area contributed by atoms with E-state index >= 15 is 0 Å². The first-order chi connectivity index (χ1) is 14.0. The van der Waals surface area contributed by atoms with Crippen LogP contribution in [0.5, 0.6) is 0 Å². The fraction of sp³-hybridized carbons (Fsp3) is 0. The van der Waals surface area contributed by atoms with Crippen molar-refractivity contribution < 1.29 is 14.0 Å². The molecule has 5 N–H and O–H groups in total. The molecule has 144 valence electrons. The summed E-state index contributed by atoms with van der Waals surface area (Å²) >= 11 is 0. The Morgan fingerprint density at radius 3 is 2.76 bits per heavy atom. The standard InChI is InChI=1S/C17H13N9O3/c18-12-5-9(1-2-21-12)17-24-11(8-29-17)16(28)23-10-7-26(25-14(10)15(19)27)13-6-20-3-4-22-13/h1-8H,(H2,18,21)(H2,19,27)(H,23,28). The molecule has 29 heavy (non-hydrogen) atoms. The summed E-state index contributed by atoms with van der Waals surface area (Å²) in [6.07, 6.45) is 8.46. The predicted octanol–water partition coefficient (Wildman–Crippen LogP) is 0.646. The lowest BCUT2D eigenvalue weighted by Crippen LogP contribution is -2.18. The minimum Gasteiger partial charge on any atom is -0.444 e. The molecule has 2 amide bonds. The molecule has 0 aliphatic rings. The van der Waals surface area contributed by atoms with E-state index in [9.17, 15) is 9.59 Å². The monoisotopic (exact) mass is 391 g/mol. The van der Waals surface area contributed by atoms with Gasteiger partial charge in [-0.1, -0.05) is 0 Å². The highest BCUT2D eigenvalue weighted by Gasteiger charge is 2.20. The van der Waals surface area contributed by atoms with E-state index in [0.717, 1.165) is 0 Å². The maximum Gasteiger partial charge on any atom is 0.277 e. The summed E-state index contributed by atoms with van der Waals surface area (Å²) in [5, 5.41) is 6.59. The third-order valence-corrected chi connectivity index (χ3v) is 3.74. The number of anilines is 2. The summed E-state index contributed by atoms with van der Waals surface area (Å²) in [4.78, 5) is 40.3. The van der Waals surface area contributed by atoms with Crippen molar-refractivity contribution in [2.24, 2.45) is 5.73 Å². The van der Waals surface area contributed by atoms with Crippen molar-refractivity contribution in [3.8, 4) is 17.3 Å². The van der Waals surface area contributed by atoms with Crippen molar-refractivity contribution >= 4 is 23.3 Å². The number of nitrogens with two attached hydrogens (primary N) is 2. The van der Waals surface area contributed by atoms with Gasteiger partial charge < -0.3 is 21.2 Å². The SMILES string of the molecule is NC(=O)c1nn(-c2cnccn2)cc1NC(=O)c1coc(-c2ccnc(N)c2)n1. The van der Waals surface area contributed by atoms with Crippen molar-refractivity contribution in [1.82, 2.24) is 29.7 Å². The van der Waals surface area contributed by atoms with Crippen LogP contribution < -0.4 is 16.8 Å². The fourth-order valence-electron chi connectivity index (χ4n) is 2.45. The Morgan fingerprint density at radius 2 is 2.03 bits per heavy atom. The Bertz CT molecular complexity index is 1200. The van der Waals surface area contributed by atoms with E-state index in [1.54, 1.807) is 12.1 Å². The number of carbonyl (C=O) groups is 2. The molecule has 0 bridgehead atoms. The smallest absolute Gasteiger partial charge is 0.277 e. The molecule has 4 rings (SSSR count). The maximum atomic E-state index is 12.6. The van der Waals surface area contributed by atoms with Crippen molar-refractivity contribution in [1.29, 1.82) is 0 Å². The molecule has 12 nitrogen and oxygen atoms in total. The minimum absolute atomic E-state index is 0.0157. The number of nitrogens with one attached hydrogen (secondary N) is 1. The minimum atomic E-state index is -0.823. The topological polar surface area (TPSA) is 181 Å². The van der Waals surface area contributed by atoms with Gasteiger partial charge in [0.25, 0.3) is 11.8 Å². The summed E-state index contributed by atoms with van der Waals surface area (Å²) in [7, 11) is 0. The number of amides is 2. The Balaban J connectivity index is 1.60. The van der Waals surface area contributed by atoms with Gasteiger partial charge >= 0.3 is 0 Å². The maximum absolute atomic E-state index is 12.6. The molecule has 0 aromatic carbocycles. The van der Waals surface area contributed by atoms with E-state index in [-0.39, 0.29) is 28.8 Å². The van der Waals surface area contributed by atoms with Gasteiger partial charge in [-0.25, -0.2) is 19.6 Å². The number of primary amides is 1. The Labute approximate surface area is 162 Å². The highest BCUT2D eigenvalue weighted by molar-refractivity contribution is 6.07. The second kappa shape index (κ2) is 7.19. The van der Waals surface area contributed by atoms with Crippen LogP contribution >= 0.6 is 0 Å². The van der Waals surface area contributed by atoms with Crippen molar-refractivity contribution in [2.45, 2.75) is 0 Å². The van der Waals surface area contributed by atoms with Crippen molar-refractivity contribution in [2.75, 3.05) is 11.1 Å². The number of carbonyl (C=O) groups excluding carboxylic acids is 2. The van der Waals surface area contributed by atoms with Crippen LogP contribution in [0.3, 0.4) is 0 Å². The van der Waals surface area contributed by atoms with Crippen LogP contribution in [0.4, 0.5) is 11.5 Å². The van der Waals surface area contributed by atoms with Crippen LogP contribution in [-0.4, -0.2) is 41.5 Å². The molecule has 12 heteroatoms. The van der Waals surface area contributed by atoms with Crippen LogP contribution in [-0.2, 0) is 0 Å². The number of hydrogen-bond acceptors (Lipinski definition) is 9. The van der Waals surface area contributed by atoms with Gasteiger partial charge in [-0.3, -0.25) is 14.6 Å². The molecule has 0 radical (unpaired) electrons. The molecule has 0 fully saturated rings. The number of nitrogen functional groups attached to an aromatic ring is 1. The zero-order chi connectivity index (χ0) is 20.4. The zero-order valence-corrected chi connectivity index (χ0v) is 14.7. The molecule has 4 aromatic rings. The van der Waals surface area contributed by atoms with Gasteiger partial charge in [0.2, 0.25) is 5.89 Å². The van der Waals surface area contributed by atoms with Crippen molar-refractivity contribution in [3.63, 3.8) is 0 Å². The number of nitrogens with zero attached hydrogens (tertiary/aromatic N) is 6. The molecule has 0 saturated heterocycles. The lowest BCUT2D eigenvalue weighted by atomic mass is 10.2. The van der Waals surface area contributed by atoms with Crippen LogP contribution in [0, 0.1) is 0 Å². The number of hydrogen-bond donors (Lipinski definition) is 3. The van der Waals surface area contributed by atoms with E-state index < -0.39 is 11.8 Å². The van der Waals surface area contributed by atoms with Gasteiger partial charge in [0, 0.05) is 24.2 Å². The molecule has 0 spiro atoms. The van der Waals surface area contributed by atoms with Crippen LogP contribution in [0.1, 0.15) is 21.0 Å². The molecule has 0 saturated carbocycles. The highest BCUT2D eigenvalue weighted by atomic mass is 16.3. The first-order valence-corrected chi connectivity index (χ1v) is 8.16. The largest absolute Gasteiger partial charge is 0.444 e. The number of oxazole rings is 1. The zero-order valence-electron chi connectivity index (χ0n) is 14.7. The average molecular weight is 391 g/mol. The number of pyridine rings is 1. The normalized spacial score (nSPS) is 10.6. The summed E-state index contributed by atoms with van der Waals surface area (Å²) < 4.78 is 6.61. The number of aromatic nitrogens is 6. The van der Waals surface area contributed by atoms with Gasteiger partial charge in [-0.2, -0.15) is 5.10 Å². The third kappa shape index (κ3) is 3.62. The fourth-order valence-corrected chi connectivity index (χ4v) is 2.45. The second-order valence-electron chi connectivity index (χ2n) is 5.73. The van der Waals surface area contributed by atoms with E-state index in [2.05, 4.69) is 30.4 Å². The summed E-state index contributed by atoms with van der Waals surface area (Å²) in [6, 6.07) is 3.20. The summed E-state index contributed by atoms with van der Waals surface area (Å²) in [5.74, 6) is -0.627. The van der Waals surface area contributed by atoms with Gasteiger partial charge in [-0.05, 0) is 12.1 Å². The Kier molecular flexibility index (Phi) is 4.41. The molecule has 4 heterocycles. The number of rotatable bonds is 5.